The van der Waals surface area contributed by atoms with Crippen molar-refractivity contribution in [2.45, 2.75) is 13.2 Å². The highest BCUT2D eigenvalue weighted by Gasteiger charge is 2.06. The third-order valence-corrected chi connectivity index (χ3v) is 3.76. The van der Waals surface area contributed by atoms with Gasteiger partial charge in [-0.3, -0.25) is 0 Å². The number of thiophene rings is 1. The Hall–Kier alpha value is -2.28. The number of benzene rings is 1. The highest BCUT2D eigenvalue weighted by Crippen LogP contribution is 2.25. The van der Waals surface area contributed by atoms with Crippen LogP contribution in [0.1, 0.15) is 5.56 Å². The first-order valence-electron chi connectivity index (χ1n) is 6.18. The maximum absolute atomic E-state index is 12.1. The van der Waals surface area contributed by atoms with Gasteiger partial charge in [-0.05, 0) is 29.1 Å². The van der Waals surface area contributed by atoms with Crippen LogP contribution in [0.5, 0.6) is 5.75 Å². The summed E-state index contributed by atoms with van der Waals surface area (Å²) in [5, 5.41) is 5.18. The molecule has 2 heterocycles. The summed E-state index contributed by atoms with van der Waals surface area (Å²) in [7, 11) is 0. The fourth-order valence-electron chi connectivity index (χ4n) is 1.89. The molecule has 1 aromatic carbocycles. The van der Waals surface area contributed by atoms with Gasteiger partial charge in [0, 0.05) is 6.54 Å². The van der Waals surface area contributed by atoms with Crippen LogP contribution < -0.4 is 10.1 Å². The van der Waals surface area contributed by atoms with Gasteiger partial charge in [0.25, 0.3) is 0 Å². The van der Waals surface area contributed by atoms with Crippen LogP contribution in [0, 0.1) is 0 Å². The number of fused-ring (bicyclic) bond motifs is 1. The molecule has 7 heteroatoms. The number of hydrogen-bond donors (Lipinski definition) is 1. The SMILES string of the molecule is FC(F)Oc1ccc(CNc2ncnc3ccsc23)cc1. The lowest BCUT2D eigenvalue weighted by molar-refractivity contribution is -0.0498. The molecule has 0 saturated carbocycles. The van der Waals surface area contributed by atoms with E-state index < -0.39 is 6.61 Å². The molecule has 0 aliphatic carbocycles. The zero-order chi connectivity index (χ0) is 14.7. The molecule has 0 spiro atoms. The summed E-state index contributed by atoms with van der Waals surface area (Å²) in [5.41, 5.74) is 1.85. The van der Waals surface area contributed by atoms with E-state index in [-0.39, 0.29) is 5.75 Å². The molecule has 0 radical (unpaired) electrons. The molecule has 0 unspecified atom stereocenters. The minimum atomic E-state index is -2.80. The first kappa shape index (κ1) is 13.7. The van der Waals surface area contributed by atoms with Crippen molar-refractivity contribution in [2.75, 3.05) is 5.32 Å². The third kappa shape index (κ3) is 3.25. The zero-order valence-electron chi connectivity index (χ0n) is 10.8. The molecule has 21 heavy (non-hydrogen) atoms. The Kier molecular flexibility index (Phi) is 3.92. The lowest BCUT2D eigenvalue weighted by atomic mass is 10.2. The predicted molar refractivity (Wildman–Crippen MR) is 77.8 cm³/mol. The summed E-state index contributed by atoms with van der Waals surface area (Å²) in [4.78, 5) is 8.38. The highest BCUT2D eigenvalue weighted by molar-refractivity contribution is 7.17. The molecule has 4 nitrogen and oxygen atoms in total. The minimum Gasteiger partial charge on any atom is -0.435 e. The maximum atomic E-state index is 12.1. The Morgan fingerprint density at radius 3 is 2.71 bits per heavy atom. The largest absolute Gasteiger partial charge is 0.435 e. The molecule has 0 aliphatic heterocycles. The van der Waals surface area contributed by atoms with Crippen LogP contribution in [0.25, 0.3) is 10.2 Å². The van der Waals surface area contributed by atoms with E-state index in [2.05, 4.69) is 20.0 Å². The minimum absolute atomic E-state index is 0.149. The van der Waals surface area contributed by atoms with Crippen molar-refractivity contribution in [3.05, 3.63) is 47.6 Å². The standard InChI is InChI=1S/C14H11F2N3OS/c15-14(16)20-10-3-1-9(2-4-10)7-17-13-12-11(5-6-21-12)18-8-19-13/h1-6,8,14H,7H2,(H,17,18,19). The average Bonchev–Trinajstić information content (AvgIpc) is 2.95. The quantitative estimate of drug-likeness (QED) is 0.776. The van der Waals surface area contributed by atoms with Gasteiger partial charge in [-0.25, -0.2) is 9.97 Å². The lowest BCUT2D eigenvalue weighted by Gasteiger charge is -2.08. The molecule has 3 aromatic rings. The molecule has 0 fully saturated rings. The maximum Gasteiger partial charge on any atom is 0.387 e. The number of halogens is 2. The summed E-state index contributed by atoms with van der Waals surface area (Å²) in [6, 6.07) is 8.44. The van der Waals surface area contributed by atoms with Gasteiger partial charge < -0.3 is 10.1 Å². The number of alkyl halides is 2. The first-order valence-corrected chi connectivity index (χ1v) is 7.06. The number of ether oxygens (including phenoxy) is 1. The molecule has 0 saturated heterocycles. The fraction of sp³-hybridized carbons (Fsp3) is 0.143. The first-order chi connectivity index (χ1) is 10.2. The van der Waals surface area contributed by atoms with Crippen LogP contribution in [-0.2, 0) is 6.54 Å². The van der Waals surface area contributed by atoms with Crippen LogP contribution in [0.2, 0.25) is 0 Å². The smallest absolute Gasteiger partial charge is 0.387 e. The lowest BCUT2D eigenvalue weighted by Crippen LogP contribution is -2.03. The molecule has 3 rings (SSSR count). The molecular formula is C14H11F2N3OS. The van der Waals surface area contributed by atoms with Gasteiger partial charge in [0.1, 0.15) is 17.9 Å². The number of nitrogens with zero attached hydrogens (tertiary/aromatic N) is 2. The zero-order valence-corrected chi connectivity index (χ0v) is 11.6. The summed E-state index contributed by atoms with van der Waals surface area (Å²) in [6.07, 6.45) is 1.51. The monoisotopic (exact) mass is 307 g/mol. The Balaban J connectivity index is 1.68. The van der Waals surface area contributed by atoms with Crippen molar-refractivity contribution >= 4 is 27.4 Å². The van der Waals surface area contributed by atoms with E-state index >= 15 is 0 Å². The Bertz CT molecular complexity index is 730. The molecule has 1 N–H and O–H groups in total. The molecule has 0 aliphatic rings. The predicted octanol–water partition coefficient (Wildman–Crippen LogP) is 3.90. The van der Waals surface area contributed by atoms with Gasteiger partial charge in [-0.1, -0.05) is 12.1 Å². The topological polar surface area (TPSA) is 47.0 Å². The molecule has 108 valence electrons. The molecule has 0 amide bonds. The van der Waals surface area contributed by atoms with E-state index in [1.165, 1.54) is 18.5 Å². The van der Waals surface area contributed by atoms with E-state index in [0.29, 0.717) is 6.54 Å². The molecular weight excluding hydrogens is 296 g/mol. The molecule has 2 aromatic heterocycles. The van der Waals surface area contributed by atoms with Gasteiger partial charge in [0.15, 0.2) is 0 Å². The number of anilines is 1. The second-order valence-corrected chi connectivity index (χ2v) is 5.15. The number of aromatic nitrogens is 2. The highest BCUT2D eigenvalue weighted by atomic mass is 32.1. The van der Waals surface area contributed by atoms with E-state index in [0.717, 1.165) is 21.6 Å². The van der Waals surface area contributed by atoms with E-state index in [1.807, 2.05) is 11.4 Å². The summed E-state index contributed by atoms with van der Waals surface area (Å²) < 4.78 is 29.4. The Morgan fingerprint density at radius 1 is 1.14 bits per heavy atom. The Labute approximate surface area is 123 Å². The fourth-order valence-corrected chi connectivity index (χ4v) is 2.70. The normalized spacial score (nSPS) is 11.0. The number of hydrogen-bond acceptors (Lipinski definition) is 5. The van der Waals surface area contributed by atoms with E-state index in [9.17, 15) is 8.78 Å². The number of nitrogens with one attached hydrogen (secondary N) is 1. The van der Waals surface area contributed by atoms with Crippen molar-refractivity contribution in [1.82, 2.24) is 9.97 Å². The van der Waals surface area contributed by atoms with E-state index in [1.54, 1.807) is 23.5 Å². The van der Waals surface area contributed by atoms with Crippen molar-refractivity contribution in [3.8, 4) is 5.75 Å². The van der Waals surface area contributed by atoms with E-state index in [4.69, 9.17) is 0 Å². The van der Waals surface area contributed by atoms with Gasteiger partial charge >= 0.3 is 6.61 Å². The van der Waals surface area contributed by atoms with Gasteiger partial charge in [-0.15, -0.1) is 11.3 Å². The molecule has 0 atom stereocenters. The van der Waals surface area contributed by atoms with Crippen LogP contribution >= 0.6 is 11.3 Å². The summed E-state index contributed by atoms with van der Waals surface area (Å²) >= 11 is 1.57. The van der Waals surface area contributed by atoms with Gasteiger partial charge in [0.05, 0.1) is 10.2 Å². The summed E-state index contributed by atoms with van der Waals surface area (Å²) in [5.74, 6) is 0.916. The van der Waals surface area contributed by atoms with Crippen molar-refractivity contribution < 1.29 is 13.5 Å². The van der Waals surface area contributed by atoms with Crippen molar-refractivity contribution in [2.24, 2.45) is 0 Å². The second kappa shape index (κ2) is 6.01. The van der Waals surface area contributed by atoms with Crippen molar-refractivity contribution in [1.29, 1.82) is 0 Å². The van der Waals surface area contributed by atoms with Crippen LogP contribution in [0.4, 0.5) is 14.6 Å². The average molecular weight is 307 g/mol. The summed E-state index contributed by atoms with van der Waals surface area (Å²) in [6.45, 7) is -2.26. The van der Waals surface area contributed by atoms with Gasteiger partial charge in [0.2, 0.25) is 0 Å². The van der Waals surface area contributed by atoms with Crippen molar-refractivity contribution in [3.63, 3.8) is 0 Å². The van der Waals surface area contributed by atoms with Gasteiger partial charge in [-0.2, -0.15) is 8.78 Å². The number of rotatable bonds is 5. The van der Waals surface area contributed by atoms with Crippen LogP contribution in [0.15, 0.2) is 42.0 Å². The Morgan fingerprint density at radius 2 is 1.95 bits per heavy atom. The molecule has 0 bridgehead atoms. The van der Waals surface area contributed by atoms with Crippen LogP contribution in [0.3, 0.4) is 0 Å². The third-order valence-electron chi connectivity index (χ3n) is 2.85. The second-order valence-electron chi connectivity index (χ2n) is 4.23. The van der Waals surface area contributed by atoms with Crippen LogP contribution in [-0.4, -0.2) is 16.6 Å².